The monoisotopic (exact) mass is 535 g/mol. The fourth-order valence-electron chi connectivity index (χ4n) is 5.01. The van der Waals surface area contributed by atoms with Gasteiger partial charge in [0.1, 0.15) is 0 Å². The van der Waals surface area contributed by atoms with Gasteiger partial charge < -0.3 is 9.55 Å². The molecule has 186 valence electrons. The van der Waals surface area contributed by atoms with Crippen molar-refractivity contribution in [3.63, 3.8) is 0 Å². The highest BCUT2D eigenvalue weighted by Crippen LogP contribution is 2.38. The van der Waals surface area contributed by atoms with Crippen molar-refractivity contribution in [2.45, 2.75) is 13.0 Å². The van der Waals surface area contributed by atoms with E-state index in [2.05, 4.69) is 50.9 Å². The summed E-state index contributed by atoms with van der Waals surface area (Å²) in [6.07, 6.45) is 6.07. The van der Waals surface area contributed by atoms with E-state index in [1.54, 1.807) is 30.7 Å². The van der Waals surface area contributed by atoms with Crippen LogP contribution in [0.1, 0.15) is 32.9 Å². The molecule has 2 aromatic heterocycles. The number of rotatable bonds is 7. The number of nitrogens with zero attached hydrogens (tertiary/aromatic N) is 2. The number of fused-ring (bicyclic) bond motifs is 1. The van der Waals surface area contributed by atoms with Gasteiger partial charge in [0.25, 0.3) is 0 Å². The highest BCUT2D eigenvalue weighted by molar-refractivity contribution is 6.37. The lowest BCUT2D eigenvalue weighted by atomic mass is 9.91. The van der Waals surface area contributed by atoms with E-state index in [0.29, 0.717) is 34.1 Å². The van der Waals surface area contributed by atoms with E-state index >= 15 is 0 Å². The molecule has 0 unspecified atom stereocenters. The highest BCUT2D eigenvalue weighted by atomic mass is 35.5. The van der Waals surface area contributed by atoms with E-state index in [-0.39, 0.29) is 5.78 Å². The van der Waals surface area contributed by atoms with Gasteiger partial charge in [0.2, 0.25) is 0 Å². The predicted octanol–water partition coefficient (Wildman–Crippen LogP) is 8.21. The summed E-state index contributed by atoms with van der Waals surface area (Å²) in [6.45, 7) is 0.543. The molecule has 0 spiro atoms. The molecule has 4 nitrogen and oxygen atoms in total. The molecule has 0 aliphatic rings. The highest BCUT2D eigenvalue weighted by Gasteiger charge is 2.26. The minimum absolute atomic E-state index is 0.146. The average Bonchev–Trinajstić information content (AvgIpc) is 3.57. The second kappa shape index (κ2) is 10.3. The van der Waals surface area contributed by atoms with Crippen LogP contribution in [0, 0.1) is 0 Å². The Morgan fingerprint density at radius 2 is 1.66 bits per heavy atom. The third kappa shape index (κ3) is 4.65. The normalized spacial score (nSPS) is 11.2. The summed E-state index contributed by atoms with van der Waals surface area (Å²) in [5, 5.41) is 3.01. The number of ketones is 1. The molecule has 0 amide bonds. The Morgan fingerprint density at radius 1 is 0.868 bits per heavy atom. The third-order valence-electron chi connectivity index (χ3n) is 6.78. The molecular weight excluding hydrogens is 513 g/mol. The molecule has 6 heteroatoms. The van der Waals surface area contributed by atoms with E-state index in [0.717, 1.165) is 38.9 Å². The maximum absolute atomic E-state index is 14.2. The first-order chi connectivity index (χ1) is 18.6. The van der Waals surface area contributed by atoms with E-state index < -0.39 is 0 Å². The second-order valence-electron chi connectivity index (χ2n) is 9.21. The van der Waals surface area contributed by atoms with Crippen LogP contribution in [0.4, 0.5) is 0 Å². The number of aromatic nitrogens is 3. The number of H-pyrrole nitrogens is 1. The Labute approximate surface area is 230 Å². The molecule has 6 aromatic rings. The van der Waals surface area contributed by atoms with Crippen LogP contribution in [-0.4, -0.2) is 20.3 Å². The van der Waals surface area contributed by atoms with Gasteiger partial charge in [-0.05, 0) is 40.1 Å². The quantitative estimate of drug-likeness (QED) is 0.209. The zero-order valence-electron chi connectivity index (χ0n) is 20.4. The molecule has 1 N–H and O–H groups in total. The number of carbonyl (C=O) groups excluding carboxylic acids is 1. The minimum atomic E-state index is -0.146. The molecule has 0 saturated heterocycles. The number of aromatic amines is 1. The minimum Gasteiger partial charge on any atom is -0.347 e. The number of hydrogen-bond donors (Lipinski definition) is 1. The van der Waals surface area contributed by atoms with Gasteiger partial charge >= 0.3 is 0 Å². The number of halogens is 2. The maximum atomic E-state index is 14.2. The van der Waals surface area contributed by atoms with Crippen molar-refractivity contribution >= 4 is 39.8 Å². The Hall–Kier alpha value is -4.12. The fourth-order valence-corrected chi connectivity index (χ4v) is 5.50. The molecular formula is C32H23Cl2N3O. The zero-order chi connectivity index (χ0) is 26.1. The van der Waals surface area contributed by atoms with E-state index in [4.69, 9.17) is 23.2 Å². The van der Waals surface area contributed by atoms with Gasteiger partial charge in [0.05, 0.1) is 23.6 Å². The van der Waals surface area contributed by atoms with Crippen LogP contribution < -0.4 is 0 Å². The first-order valence-electron chi connectivity index (χ1n) is 12.3. The molecule has 2 heterocycles. The lowest BCUT2D eigenvalue weighted by Gasteiger charge is -2.14. The molecule has 0 aliphatic heterocycles. The van der Waals surface area contributed by atoms with Crippen LogP contribution in [0.3, 0.4) is 0 Å². The molecule has 0 fully saturated rings. The molecule has 38 heavy (non-hydrogen) atoms. The van der Waals surface area contributed by atoms with Gasteiger partial charge in [0, 0.05) is 46.2 Å². The lowest BCUT2D eigenvalue weighted by Crippen LogP contribution is -2.05. The van der Waals surface area contributed by atoms with Crippen molar-refractivity contribution in [2.24, 2.45) is 0 Å². The predicted molar refractivity (Wildman–Crippen MR) is 154 cm³/mol. The SMILES string of the molecule is O=C(c1ccc(Cl)cc1Cl)c1cn(Cc2cnc[nH]2)c(Cc2ccccc2)c1-c1cccc2ccccc12. The number of nitrogens with one attached hydrogen (secondary N) is 1. The Kier molecular flexibility index (Phi) is 6.59. The summed E-state index contributed by atoms with van der Waals surface area (Å²) in [6, 6.07) is 29.8. The van der Waals surface area contributed by atoms with Crippen molar-refractivity contribution in [2.75, 3.05) is 0 Å². The summed E-state index contributed by atoms with van der Waals surface area (Å²) in [5.74, 6) is -0.146. The summed E-state index contributed by atoms with van der Waals surface area (Å²) in [7, 11) is 0. The van der Waals surface area contributed by atoms with Crippen LogP contribution in [0.25, 0.3) is 21.9 Å². The average molecular weight is 536 g/mol. The Balaban J connectivity index is 1.63. The topological polar surface area (TPSA) is 50.7 Å². The van der Waals surface area contributed by atoms with Gasteiger partial charge in [-0.15, -0.1) is 0 Å². The summed E-state index contributed by atoms with van der Waals surface area (Å²) in [4.78, 5) is 21.6. The maximum Gasteiger partial charge on any atom is 0.196 e. The van der Waals surface area contributed by atoms with E-state index in [9.17, 15) is 4.79 Å². The van der Waals surface area contributed by atoms with Crippen LogP contribution in [0.5, 0.6) is 0 Å². The van der Waals surface area contributed by atoms with Crippen LogP contribution in [0.2, 0.25) is 10.0 Å². The van der Waals surface area contributed by atoms with Gasteiger partial charge in [-0.25, -0.2) is 4.98 Å². The lowest BCUT2D eigenvalue weighted by molar-refractivity contribution is 0.103. The molecule has 0 aliphatic carbocycles. The van der Waals surface area contributed by atoms with Crippen LogP contribution in [-0.2, 0) is 13.0 Å². The van der Waals surface area contributed by atoms with Crippen LogP contribution in [0.15, 0.2) is 110 Å². The Bertz CT molecular complexity index is 1750. The first kappa shape index (κ1) is 24.2. The molecule has 0 bridgehead atoms. The fraction of sp³-hybridized carbons (Fsp3) is 0.0625. The molecule has 0 radical (unpaired) electrons. The van der Waals surface area contributed by atoms with Crippen molar-refractivity contribution in [1.29, 1.82) is 0 Å². The number of carbonyl (C=O) groups is 1. The van der Waals surface area contributed by atoms with Crippen molar-refractivity contribution < 1.29 is 4.79 Å². The smallest absolute Gasteiger partial charge is 0.196 e. The van der Waals surface area contributed by atoms with E-state index in [1.165, 1.54) is 0 Å². The largest absolute Gasteiger partial charge is 0.347 e. The van der Waals surface area contributed by atoms with Gasteiger partial charge in [-0.3, -0.25) is 4.79 Å². The van der Waals surface area contributed by atoms with Gasteiger partial charge in [-0.1, -0.05) is 96.0 Å². The Morgan fingerprint density at radius 3 is 2.45 bits per heavy atom. The van der Waals surface area contributed by atoms with Gasteiger partial charge in [0.15, 0.2) is 5.78 Å². The van der Waals surface area contributed by atoms with E-state index in [1.807, 2.05) is 42.6 Å². The van der Waals surface area contributed by atoms with Gasteiger partial charge in [-0.2, -0.15) is 0 Å². The number of hydrogen-bond acceptors (Lipinski definition) is 2. The van der Waals surface area contributed by atoms with Crippen molar-refractivity contribution in [3.8, 4) is 11.1 Å². The second-order valence-corrected chi connectivity index (χ2v) is 10.1. The standard InChI is InChI=1S/C32H23Cl2N3O/c33-23-13-14-27(29(34)16-23)32(38)28-19-37(18-24-17-35-20-36-24)30(15-21-7-2-1-3-8-21)31(28)26-12-6-10-22-9-4-5-11-25(22)26/h1-14,16-17,19-20H,15,18H2,(H,35,36). The summed E-state index contributed by atoms with van der Waals surface area (Å²) in [5.41, 5.74) is 6.06. The summed E-state index contributed by atoms with van der Waals surface area (Å²) >= 11 is 12.7. The third-order valence-corrected chi connectivity index (χ3v) is 7.33. The zero-order valence-corrected chi connectivity index (χ0v) is 21.9. The first-order valence-corrected chi connectivity index (χ1v) is 13.0. The van der Waals surface area contributed by atoms with Crippen molar-refractivity contribution in [1.82, 2.24) is 14.5 Å². The number of imidazole rings is 1. The molecule has 0 atom stereocenters. The van der Waals surface area contributed by atoms with Crippen molar-refractivity contribution in [3.05, 3.63) is 148 Å². The van der Waals surface area contributed by atoms with Crippen LogP contribution >= 0.6 is 23.2 Å². The number of benzene rings is 4. The molecule has 0 saturated carbocycles. The molecule has 4 aromatic carbocycles. The molecule has 6 rings (SSSR count). The summed E-state index contributed by atoms with van der Waals surface area (Å²) < 4.78 is 2.15.